The maximum Gasteiger partial charge on any atom is 0.264 e. The van der Waals surface area contributed by atoms with Crippen LogP contribution in [0.4, 0.5) is 10.1 Å². The van der Waals surface area contributed by atoms with Gasteiger partial charge in [-0.05, 0) is 75.4 Å². The topological polar surface area (TPSA) is 93.0 Å². The molecule has 0 fully saturated rings. The number of ether oxygens (including phenoxy) is 1. The van der Waals surface area contributed by atoms with Crippen LogP contribution < -0.4 is 14.5 Å². The molecule has 0 aliphatic heterocycles. The van der Waals surface area contributed by atoms with Crippen LogP contribution in [-0.4, -0.2) is 38.3 Å². The third kappa shape index (κ3) is 6.18. The predicted molar refractivity (Wildman–Crippen MR) is 150 cm³/mol. The van der Waals surface area contributed by atoms with Gasteiger partial charge in [0.05, 0.1) is 23.4 Å². The molecule has 1 aromatic heterocycles. The number of anilines is 1. The summed E-state index contributed by atoms with van der Waals surface area (Å²) in [5, 5.41) is 4.07. The monoisotopic (exact) mass is 548 g/mol. The number of sulfonamides is 1. The second-order valence-corrected chi connectivity index (χ2v) is 10.5. The number of nitrogens with zero attached hydrogens (tertiary/aromatic N) is 3. The molecule has 1 amide bonds. The summed E-state index contributed by atoms with van der Waals surface area (Å²) in [7, 11) is -4.10. The zero-order valence-corrected chi connectivity index (χ0v) is 22.7. The number of aryl methyl sites for hydroxylation is 1. The van der Waals surface area contributed by atoms with E-state index in [1.807, 2.05) is 24.5 Å². The van der Waals surface area contributed by atoms with Gasteiger partial charge in [-0.15, -0.1) is 0 Å². The average Bonchev–Trinajstić information content (AvgIpc) is 3.21. The van der Waals surface area contributed by atoms with Gasteiger partial charge in [0, 0.05) is 22.6 Å². The first-order valence-electron chi connectivity index (χ1n) is 12.3. The molecule has 39 heavy (non-hydrogen) atoms. The van der Waals surface area contributed by atoms with Gasteiger partial charge in [0.1, 0.15) is 18.1 Å². The van der Waals surface area contributed by atoms with Crippen LogP contribution in [0.25, 0.3) is 5.69 Å². The van der Waals surface area contributed by atoms with E-state index in [0.29, 0.717) is 12.4 Å². The van der Waals surface area contributed by atoms with Crippen molar-refractivity contribution in [3.8, 4) is 11.4 Å². The molecular weight excluding hydrogens is 519 g/mol. The van der Waals surface area contributed by atoms with Crippen molar-refractivity contribution in [1.82, 2.24) is 9.99 Å². The van der Waals surface area contributed by atoms with Crippen molar-refractivity contribution < 1.29 is 22.3 Å². The van der Waals surface area contributed by atoms with Crippen LogP contribution in [0.15, 0.2) is 94.9 Å². The smallest absolute Gasteiger partial charge is 0.264 e. The summed E-state index contributed by atoms with van der Waals surface area (Å²) in [6, 6.07) is 22.6. The Balaban J connectivity index is 1.57. The van der Waals surface area contributed by atoms with Crippen LogP contribution in [-0.2, 0) is 14.8 Å². The number of rotatable bonds is 10. The molecule has 0 saturated heterocycles. The number of carbonyl (C=O) groups is 1. The summed E-state index contributed by atoms with van der Waals surface area (Å²) >= 11 is 0. The fourth-order valence-corrected chi connectivity index (χ4v) is 5.66. The Morgan fingerprint density at radius 1 is 1.03 bits per heavy atom. The Labute approximate surface area is 227 Å². The van der Waals surface area contributed by atoms with E-state index in [2.05, 4.69) is 10.5 Å². The Hall–Kier alpha value is -4.44. The second kappa shape index (κ2) is 12.0. The van der Waals surface area contributed by atoms with Crippen molar-refractivity contribution in [1.29, 1.82) is 0 Å². The minimum absolute atomic E-state index is 0.0424. The Morgan fingerprint density at radius 2 is 1.69 bits per heavy atom. The molecular formula is C29H29FN4O4S. The summed E-state index contributed by atoms with van der Waals surface area (Å²) in [6.07, 6.45) is 1.49. The number of halogens is 1. The van der Waals surface area contributed by atoms with Gasteiger partial charge in [-0.3, -0.25) is 9.10 Å². The second-order valence-electron chi connectivity index (χ2n) is 8.66. The largest absolute Gasteiger partial charge is 0.492 e. The van der Waals surface area contributed by atoms with Crippen LogP contribution in [0.2, 0.25) is 0 Å². The number of hydrogen-bond donors (Lipinski definition) is 1. The lowest BCUT2D eigenvalue weighted by Crippen LogP contribution is -2.39. The summed E-state index contributed by atoms with van der Waals surface area (Å²) in [5.41, 5.74) is 5.96. The van der Waals surface area contributed by atoms with Gasteiger partial charge in [-0.2, -0.15) is 5.10 Å². The van der Waals surface area contributed by atoms with Gasteiger partial charge in [0.15, 0.2) is 0 Å². The predicted octanol–water partition coefficient (Wildman–Crippen LogP) is 4.98. The summed E-state index contributed by atoms with van der Waals surface area (Å²) in [6.45, 7) is 5.39. The zero-order chi connectivity index (χ0) is 28.0. The van der Waals surface area contributed by atoms with Crippen molar-refractivity contribution >= 4 is 27.8 Å². The lowest BCUT2D eigenvalue weighted by atomic mass is 10.2. The number of hydrazone groups is 1. The van der Waals surface area contributed by atoms with Gasteiger partial charge < -0.3 is 9.30 Å². The van der Waals surface area contributed by atoms with E-state index in [1.165, 1.54) is 30.5 Å². The third-order valence-electron chi connectivity index (χ3n) is 6.00. The van der Waals surface area contributed by atoms with Gasteiger partial charge in [0.25, 0.3) is 15.9 Å². The van der Waals surface area contributed by atoms with Crippen LogP contribution in [0, 0.1) is 19.7 Å². The number of nitrogens with one attached hydrogen (secondary N) is 1. The van der Waals surface area contributed by atoms with E-state index in [9.17, 15) is 17.6 Å². The first-order chi connectivity index (χ1) is 18.7. The van der Waals surface area contributed by atoms with Crippen LogP contribution >= 0.6 is 0 Å². The molecule has 202 valence electrons. The van der Waals surface area contributed by atoms with Gasteiger partial charge in [0.2, 0.25) is 0 Å². The highest BCUT2D eigenvalue weighted by Crippen LogP contribution is 2.32. The molecule has 4 rings (SSSR count). The number of para-hydroxylation sites is 2. The highest BCUT2D eigenvalue weighted by molar-refractivity contribution is 7.92. The number of amides is 1. The lowest BCUT2D eigenvalue weighted by Gasteiger charge is -2.25. The zero-order valence-electron chi connectivity index (χ0n) is 21.8. The summed E-state index contributed by atoms with van der Waals surface area (Å²) in [4.78, 5) is 13.0. The lowest BCUT2D eigenvalue weighted by molar-refractivity contribution is -0.119. The van der Waals surface area contributed by atoms with E-state index < -0.39 is 22.5 Å². The van der Waals surface area contributed by atoms with E-state index in [-0.39, 0.29) is 16.4 Å². The van der Waals surface area contributed by atoms with E-state index in [1.54, 1.807) is 61.5 Å². The SMILES string of the molecule is CCOc1ccccc1N(CC(=O)N/N=C/c1cc(C)n(-c2ccc(F)cc2)c1C)S(=O)(=O)c1ccccc1. The average molecular weight is 549 g/mol. The molecule has 0 aliphatic carbocycles. The fraction of sp³-hybridized carbons (Fsp3) is 0.172. The van der Waals surface area contributed by atoms with Gasteiger partial charge in [-0.1, -0.05) is 30.3 Å². The molecule has 0 unspecified atom stereocenters. The molecule has 0 saturated carbocycles. The molecule has 10 heteroatoms. The fourth-order valence-electron chi connectivity index (χ4n) is 4.21. The molecule has 3 aromatic carbocycles. The normalized spacial score (nSPS) is 11.5. The third-order valence-corrected chi connectivity index (χ3v) is 7.77. The van der Waals surface area contributed by atoms with E-state index in [4.69, 9.17) is 4.74 Å². The Morgan fingerprint density at radius 3 is 2.38 bits per heavy atom. The van der Waals surface area contributed by atoms with Crippen molar-refractivity contribution in [3.05, 3.63) is 108 Å². The number of benzene rings is 3. The standard InChI is InChI=1S/C29H29FN4O4S/c1-4-38-28-13-9-8-12-27(28)33(39(36,37)26-10-6-5-7-11-26)20-29(35)32-31-19-23-18-21(2)34(22(23)3)25-16-14-24(30)15-17-25/h5-19H,4,20H2,1-3H3,(H,32,35)/b31-19+. The minimum Gasteiger partial charge on any atom is -0.492 e. The molecule has 0 bridgehead atoms. The van der Waals surface area contributed by atoms with E-state index >= 15 is 0 Å². The highest BCUT2D eigenvalue weighted by Gasteiger charge is 2.29. The Bertz CT molecular complexity index is 1580. The molecule has 8 nitrogen and oxygen atoms in total. The van der Waals surface area contributed by atoms with Crippen LogP contribution in [0.1, 0.15) is 23.9 Å². The number of aromatic nitrogens is 1. The summed E-state index contributed by atoms with van der Waals surface area (Å²) < 4.78 is 49.1. The quantitative estimate of drug-likeness (QED) is 0.224. The van der Waals surface area contributed by atoms with Crippen molar-refractivity contribution in [2.45, 2.75) is 25.7 Å². The summed E-state index contributed by atoms with van der Waals surface area (Å²) in [5.74, 6) is -0.619. The molecule has 0 aliphatic rings. The van der Waals surface area contributed by atoms with Gasteiger partial charge >= 0.3 is 0 Å². The first kappa shape index (κ1) is 27.6. The van der Waals surface area contributed by atoms with Crippen molar-refractivity contribution in [2.24, 2.45) is 5.10 Å². The molecule has 0 spiro atoms. The highest BCUT2D eigenvalue weighted by atomic mass is 32.2. The maximum atomic E-state index is 13.6. The molecule has 0 atom stereocenters. The van der Waals surface area contributed by atoms with Crippen molar-refractivity contribution in [3.63, 3.8) is 0 Å². The van der Waals surface area contributed by atoms with E-state index in [0.717, 1.165) is 26.9 Å². The molecule has 1 heterocycles. The van der Waals surface area contributed by atoms with Crippen LogP contribution in [0.3, 0.4) is 0 Å². The molecule has 1 N–H and O–H groups in total. The van der Waals surface area contributed by atoms with Crippen LogP contribution in [0.5, 0.6) is 5.75 Å². The number of carbonyl (C=O) groups excluding carboxylic acids is 1. The maximum absolute atomic E-state index is 13.6. The van der Waals surface area contributed by atoms with Gasteiger partial charge in [-0.25, -0.2) is 18.2 Å². The number of hydrogen-bond acceptors (Lipinski definition) is 5. The molecule has 4 aromatic rings. The van der Waals surface area contributed by atoms with Crippen molar-refractivity contribution in [2.75, 3.05) is 17.5 Å². The first-order valence-corrected chi connectivity index (χ1v) is 13.7. The minimum atomic E-state index is -4.10. The molecule has 0 radical (unpaired) electrons. The Kier molecular flexibility index (Phi) is 8.46.